The van der Waals surface area contributed by atoms with Crippen LogP contribution in [0.2, 0.25) is 0 Å². The number of alkyl halides is 4. The third-order valence-corrected chi connectivity index (χ3v) is 3.01. The average molecular weight is 274 g/mol. The fourth-order valence-electron chi connectivity index (χ4n) is 1.93. The van der Waals surface area contributed by atoms with Crippen molar-refractivity contribution in [3.8, 4) is 0 Å². The van der Waals surface area contributed by atoms with Gasteiger partial charge in [0.2, 0.25) is 5.91 Å². The minimum atomic E-state index is -4.48. The molecule has 100 valence electrons. The molecular weight excluding hydrogens is 259 g/mol. The molecule has 0 bridgehead atoms. The van der Waals surface area contributed by atoms with Crippen LogP contribution in [-0.4, -0.2) is 47.7 Å². The third-order valence-electron chi connectivity index (χ3n) is 2.82. The van der Waals surface area contributed by atoms with Crippen LogP contribution in [0.5, 0.6) is 0 Å². The molecule has 3 nitrogen and oxygen atoms in total. The Morgan fingerprint density at radius 2 is 2.18 bits per heavy atom. The molecule has 1 aliphatic heterocycles. The monoisotopic (exact) mass is 273 g/mol. The first-order valence-electron chi connectivity index (χ1n) is 5.37. The number of rotatable bonds is 3. The largest absolute Gasteiger partial charge is 0.419 e. The number of carbonyl (C=O) groups is 1. The molecule has 1 fully saturated rings. The molecule has 1 saturated heterocycles. The summed E-state index contributed by atoms with van der Waals surface area (Å²) in [6, 6.07) is 0. The average Bonchev–Trinajstić information content (AvgIpc) is 2.62. The second-order valence-corrected chi connectivity index (χ2v) is 4.71. The van der Waals surface area contributed by atoms with Gasteiger partial charge >= 0.3 is 6.18 Å². The zero-order chi connectivity index (χ0) is 13.3. The zero-order valence-corrected chi connectivity index (χ0v) is 10.4. The molecule has 7 heteroatoms. The number of halogens is 4. The summed E-state index contributed by atoms with van der Waals surface area (Å²) in [6.07, 6.45) is -4.72. The van der Waals surface area contributed by atoms with Gasteiger partial charge in [-0.3, -0.25) is 4.79 Å². The first-order chi connectivity index (χ1) is 7.73. The molecule has 0 spiro atoms. The molecule has 1 rings (SSSR count). The van der Waals surface area contributed by atoms with Crippen LogP contribution in [0.25, 0.3) is 0 Å². The van der Waals surface area contributed by atoms with E-state index in [0.717, 1.165) is 4.90 Å². The quantitative estimate of drug-likeness (QED) is 0.738. The van der Waals surface area contributed by atoms with Gasteiger partial charge in [-0.25, -0.2) is 0 Å². The summed E-state index contributed by atoms with van der Waals surface area (Å²) in [4.78, 5) is 12.6. The van der Waals surface area contributed by atoms with E-state index < -0.39 is 29.6 Å². The number of amides is 1. The van der Waals surface area contributed by atoms with Crippen LogP contribution < -0.4 is 0 Å². The van der Waals surface area contributed by atoms with Gasteiger partial charge in [0.25, 0.3) is 0 Å². The Balaban J connectivity index is 2.83. The smallest absolute Gasteiger partial charge is 0.364 e. The predicted octanol–water partition coefficient (Wildman–Crippen LogP) is 2.18. The third kappa shape index (κ3) is 2.85. The number of nitrogens with zero attached hydrogens (tertiary/aromatic N) is 1. The molecular formula is C10H15ClF3NO2. The number of carbonyl (C=O) groups excluding carboxylic acids is 1. The first kappa shape index (κ1) is 14.6. The lowest BCUT2D eigenvalue weighted by molar-refractivity contribution is -0.270. The Bertz CT molecular complexity index is 296. The Hall–Kier alpha value is -0.490. The van der Waals surface area contributed by atoms with E-state index in [1.807, 2.05) is 0 Å². The minimum absolute atomic E-state index is 0.0232. The highest BCUT2D eigenvalue weighted by Crippen LogP contribution is 2.41. The van der Waals surface area contributed by atoms with Crippen LogP contribution >= 0.6 is 11.6 Å². The maximum Gasteiger partial charge on any atom is 0.419 e. The van der Waals surface area contributed by atoms with Crippen LogP contribution in [0.1, 0.15) is 20.3 Å². The SMILES string of the molecule is CCO[C@]1(C(F)(F)F)CCN(C(=O)[C@@H](C)Cl)C1. The van der Waals surface area contributed by atoms with E-state index >= 15 is 0 Å². The maximum atomic E-state index is 12.9. The molecule has 0 aromatic rings. The van der Waals surface area contributed by atoms with Gasteiger partial charge < -0.3 is 9.64 Å². The van der Waals surface area contributed by atoms with Crippen LogP contribution in [0.15, 0.2) is 0 Å². The van der Waals surface area contributed by atoms with Gasteiger partial charge in [0, 0.05) is 19.6 Å². The van der Waals surface area contributed by atoms with Crippen molar-refractivity contribution < 1.29 is 22.7 Å². The molecule has 0 saturated carbocycles. The molecule has 1 amide bonds. The molecule has 1 aliphatic rings. The normalized spacial score (nSPS) is 27.3. The van der Waals surface area contributed by atoms with Crippen LogP contribution in [0, 0.1) is 0 Å². The molecule has 0 unspecified atom stereocenters. The second kappa shape index (κ2) is 5.02. The molecule has 0 aromatic heterocycles. The van der Waals surface area contributed by atoms with Gasteiger partial charge in [0.05, 0.1) is 6.54 Å². The lowest BCUT2D eigenvalue weighted by Gasteiger charge is -2.31. The molecule has 0 aromatic carbocycles. The number of hydrogen-bond acceptors (Lipinski definition) is 2. The molecule has 17 heavy (non-hydrogen) atoms. The van der Waals surface area contributed by atoms with Crippen molar-refractivity contribution in [3.63, 3.8) is 0 Å². The van der Waals surface area contributed by atoms with Gasteiger partial charge in [-0.2, -0.15) is 13.2 Å². The first-order valence-corrected chi connectivity index (χ1v) is 5.80. The fraction of sp³-hybridized carbons (Fsp3) is 0.900. The van der Waals surface area contributed by atoms with Crippen molar-refractivity contribution in [1.82, 2.24) is 4.90 Å². The van der Waals surface area contributed by atoms with E-state index in [-0.39, 0.29) is 19.6 Å². The highest BCUT2D eigenvalue weighted by molar-refractivity contribution is 6.30. The van der Waals surface area contributed by atoms with Crippen LogP contribution in [0.3, 0.4) is 0 Å². The maximum absolute atomic E-state index is 12.9. The summed E-state index contributed by atoms with van der Waals surface area (Å²) in [5.74, 6) is -0.488. The van der Waals surface area contributed by atoms with Gasteiger partial charge in [-0.05, 0) is 13.8 Å². The molecule has 0 N–H and O–H groups in total. The van der Waals surface area contributed by atoms with Crippen molar-refractivity contribution >= 4 is 17.5 Å². The van der Waals surface area contributed by atoms with Gasteiger partial charge in [0.15, 0.2) is 5.60 Å². The second-order valence-electron chi connectivity index (χ2n) is 4.05. The van der Waals surface area contributed by atoms with Crippen molar-refractivity contribution in [2.75, 3.05) is 19.7 Å². The Kier molecular flexibility index (Phi) is 4.30. The van der Waals surface area contributed by atoms with E-state index in [9.17, 15) is 18.0 Å². The fourth-order valence-corrected chi connectivity index (χ4v) is 2.07. The summed E-state index contributed by atoms with van der Waals surface area (Å²) in [5.41, 5.74) is -2.23. The summed E-state index contributed by atoms with van der Waals surface area (Å²) < 4.78 is 43.7. The van der Waals surface area contributed by atoms with Crippen molar-refractivity contribution in [2.24, 2.45) is 0 Å². The number of likely N-dealkylation sites (tertiary alicyclic amines) is 1. The lowest BCUT2D eigenvalue weighted by atomic mass is 10.0. The standard InChI is InChI=1S/C10H15ClF3NO2/c1-3-17-9(10(12,13)14)4-5-15(6-9)8(16)7(2)11/h7H,3-6H2,1-2H3/t7-,9-/m1/s1. The summed E-state index contributed by atoms with van der Waals surface area (Å²) in [5, 5.41) is -0.819. The highest BCUT2D eigenvalue weighted by atomic mass is 35.5. The van der Waals surface area contributed by atoms with Crippen LogP contribution in [0.4, 0.5) is 13.2 Å². The number of ether oxygens (including phenoxy) is 1. The van der Waals surface area contributed by atoms with Crippen molar-refractivity contribution in [2.45, 2.75) is 37.4 Å². The van der Waals surface area contributed by atoms with E-state index in [0.29, 0.717) is 0 Å². The molecule has 1 heterocycles. The molecule has 0 aliphatic carbocycles. The topological polar surface area (TPSA) is 29.5 Å². The zero-order valence-electron chi connectivity index (χ0n) is 9.68. The molecule has 0 radical (unpaired) electrons. The van der Waals surface area contributed by atoms with Crippen LogP contribution in [-0.2, 0) is 9.53 Å². The Morgan fingerprint density at radius 3 is 2.59 bits per heavy atom. The number of hydrogen-bond donors (Lipinski definition) is 0. The van der Waals surface area contributed by atoms with Gasteiger partial charge in [-0.15, -0.1) is 11.6 Å². The summed E-state index contributed by atoms with van der Waals surface area (Å²) >= 11 is 5.58. The lowest BCUT2D eigenvalue weighted by Crippen LogP contribution is -2.50. The summed E-state index contributed by atoms with van der Waals surface area (Å²) in [7, 11) is 0. The van der Waals surface area contributed by atoms with Gasteiger partial charge in [0.1, 0.15) is 5.38 Å². The van der Waals surface area contributed by atoms with E-state index in [1.165, 1.54) is 13.8 Å². The summed E-state index contributed by atoms with van der Waals surface area (Å²) in [6.45, 7) is 2.45. The van der Waals surface area contributed by atoms with Crippen molar-refractivity contribution in [1.29, 1.82) is 0 Å². The van der Waals surface area contributed by atoms with E-state index in [2.05, 4.69) is 0 Å². The minimum Gasteiger partial charge on any atom is -0.364 e. The van der Waals surface area contributed by atoms with Gasteiger partial charge in [-0.1, -0.05) is 0 Å². The van der Waals surface area contributed by atoms with Crippen molar-refractivity contribution in [3.05, 3.63) is 0 Å². The highest BCUT2D eigenvalue weighted by Gasteiger charge is 2.60. The Morgan fingerprint density at radius 1 is 1.59 bits per heavy atom. The predicted molar refractivity (Wildman–Crippen MR) is 56.9 cm³/mol. The van der Waals surface area contributed by atoms with E-state index in [1.54, 1.807) is 0 Å². The molecule has 2 atom stereocenters. The Labute approximate surface area is 103 Å². The van der Waals surface area contributed by atoms with E-state index in [4.69, 9.17) is 16.3 Å².